The van der Waals surface area contributed by atoms with E-state index in [0.29, 0.717) is 17.4 Å². The maximum Gasteiger partial charge on any atom is 0.223 e. The van der Waals surface area contributed by atoms with Gasteiger partial charge >= 0.3 is 0 Å². The van der Waals surface area contributed by atoms with E-state index in [1.165, 1.54) is 5.56 Å². The van der Waals surface area contributed by atoms with Crippen LogP contribution in [-0.2, 0) is 0 Å². The average Bonchev–Trinajstić information content (AvgIpc) is 2.87. The highest BCUT2D eigenvalue weighted by Gasteiger charge is 2.15. The van der Waals surface area contributed by atoms with Crippen LogP contribution in [0.5, 0.6) is 11.5 Å². The van der Waals surface area contributed by atoms with E-state index >= 15 is 0 Å². The highest BCUT2D eigenvalue weighted by Crippen LogP contribution is 2.37. The second kappa shape index (κ2) is 8.39. The van der Waals surface area contributed by atoms with E-state index in [1.54, 1.807) is 14.2 Å². The zero-order chi connectivity index (χ0) is 22.9. The van der Waals surface area contributed by atoms with Crippen LogP contribution in [0.2, 0.25) is 0 Å². The third kappa shape index (κ3) is 3.69. The molecule has 5 rings (SSSR count). The molecule has 0 aliphatic rings. The molecule has 164 valence electrons. The van der Waals surface area contributed by atoms with E-state index in [-0.39, 0.29) is 0 Å². The highest BCUT2D eigenvalue weighted by molar-refractivity contribution is 5.96. The van der Waals surface area contributed by atoms with Crippen molar-refractivity contribution in [3.63, 3.8) is 0 Å². The molecule has 0 atom stereocenters. The van der Waals surface area contributed by atoms with E-state index < -0.39 is 0 Å². The number of pyridine rings is 1. The first-order chi connectivity index (χ1) is 16.1. The van der Waals surface area contributed by atoms with Gasteiger partial charge in [0.2, 0.25) is 5.95 Å². The maximum absolute atomic E-state index is 5.53. The van der Waals surface area contributed by atoms with Gasteiger partial charge in [-0.25, -0.2) is 9.97 Å². The van der Waals surface area contributed by atoms with E-state index in [4.69, 9.17) is 19.4 Å². The topological polar surface area (TPSA) is 69.2 Å². The number of methoxy groups -OCH3 is 2. The molecule has 0 saturated heterocycles. The number of rotatable bonds is 5. The Kier molecular flexibility index (Phi) is 5.26. The molecule has 0 fully saturated rings. The Morgan fingerprint density at radius 2 is 1.55 bits per heavy atom. The highest BCUT2D eigenvalue weighted by atomic mass is 16.5. The molecule has 2 heterocycles. The van der Waals surface area contributed by atoms with Gasteiger partial charge in [0, 0.05) is 41.2 Å². The molecule has 0 spiro atoms. The summed E-state index contributed by atoms with van der Waals surface area (Å²) in [6.07, 6.45) is 1.93. The van der Waals surface area contributed by atoms with Gasteiger partial charge in [0.15, 0.2) is 11.5 Å². The Labute approximate surface area is 192 Å². The number of para-hydroxylation sites is 1. The van der Waals surface area contributed by atoms with Crippen molar-refractivity contribution in [1.82, 2.24) is 15.0 Å². The number of nitrogens with one attached hydrogen (secondary N) is 1. The van der Waals surface area contributed by atoms with Gasteiger partial charge in [-0.2, -0.15) is 0 Å². The SMILES string of the molecule is CNc1nc(-c2cccc(-c3cnc4c(C)cccc4c3)c2)c2cc(OC)c(OC)cc2n1. The summed E-state index contributed by atoms with van der Waals surface area (Å²) in [5.74, 6) is 1.80. The summed E-state index contributed by atoms with van der Waals surface area (Å²) in [6, 6.07) is 20.5. The van der Waals surface area contributed by atoms with Gasteiger partial charge in [0.05, 0.1) is 30.9 Å². The molecule has 5 aromatic rings. The summed E-state index contributed by atoms with van der Waals surface area (Å²) in [5, 5.41) is 5.07. The van der Waals surface area contributed by atoms with Gasteiger partial charge in [-0.05, 0) is 36.2 Å². The standard InChI is InChI=1S/C27H24N4O2/c1-16-7-5-9-18-12-20(15-29-25(16)18)17-8-6-10-19(11-17)26-21-13-23(32-3)24(33-4)14-22(21)30-27(28-2)31-26/h5-15H,1-4H3,(H,28,30,31). The Hall–Kier alpha value is -4.19. The number of aryl methyl sites for hydroxylation is 1. The molecule has 6 nitrogen and oxygen atoms in total. The minimum Gasteiger partial charge on any atom is -0.493 e. The van der Waals surface area contributed by atoms with E-state index in [0.717, 1.165) is 44.2 Å². The largest absolute Gasteiger partial charge is 0.493 e. The molecule has 3 aromatic carbocycles. The monoisotopic (exact) mass is 436 g/mol. The summed E-state index contributed by atoms with van der Waals surface area (Å²) >= 11 is 0. The number of ether oxygens (including phenoxy) is 2. The van der Waals surface area contributed by atoms with Gasteiger partial charge in [0.1, 0.15) is 0 Å². The maximum atomic E-state index is 5.53. The predicted molar refractivity (Wildman–Crippen MR) is 133 cm³/mol. The zero-order valence-corrected chi connectivity index (χ0v) is 19.0. The average molecular weight is 437 g/mol. The lowest BCUT2D eigenvalue weighted by Crippen LogP contribution is -2.00. The Morgan fingerprint density at radius 3 is 2.33 bits per heavy atom. The minimum atomic E-state index is 0.540. The zero-order valence-electron chi connectivity index (χ0n) is 19.0. The minimum absolute atomic E-state index is 0.540. The van der Waals surface area contributed by atoms with Crippen molar-refractivity contribution >= 4 is 27.8 Å². The second-order valence-corrected chi connectivity index (χ2v) is 7.82. The number of benzene rings is 3. The lowest BCUT2D eigenvalue weighted by atomic mass is 9.99. The fourth-order valence-corrected chi connectivity index (χ4v) is 4.10. The smallest absolute Gasteiger partial charge is 0.223 e. The van der Waals surface area contributed by atoms with Crippen molar-refractivity contribution in [2.45, 2.75) is 6.92 Å². The van der Waals surface area contributed by atoms with Gasteiger partial charge in [-0.15, -0.1) is 0 Å². The quantitative estimate of drug-likeness (QED) is 0.371. The van der Waals surface area contributed by atoms with E-state index in [1.807, 2.05) is 31.4 Å². The third-order valence-electron chi connectivity index (χ3n) is 5.81. The molecule has 33 heavy (non-hydrogen) atoms. The summed E-state index contributed by atoms with van der Waals surface area (Å²) in [4.78, 5) is 14.1. The number of nitrogens with zero attached hydrogens (tertiary/aromatic N) is 3. The first-order valence-corrected chi connectivity index (χ1v) is 10.7. The van der Waals surface area contributed by atoms with Crippen molar-refractivity contribution in [1.29, 1.82) is 0 Å². The molecule has 0 bridgehead atoms. The molecule has 0 aliphatic heterocycles. The first-order valence-electron chi connectivity index (χ1n) is 10.7. The van der Waals surface area contributed by atoms with Gasteiger partial charge in [-0.3, -0.25) is 4.98 Å². The lowest BCUT2D eigenvalue weighted by Gasteiger charge is -2.13. The molecular weight excluding hydrogens is 412 g/mol. The summed E-state index contributed by atoms with van der Waals surface area (Å²) < 4.78 is 11.0. The van der Waals surface area contributed by atoms with E-state index in [9.17, 15) is 0 Å². The van der Waals surface area contributed by atoms with Gasteiger partial charge in [-0.1, -0.05) is 36.4 Å². The number of hydrogen-bond acceptors (Lipinski definition) is 6. The van der Waals surface area contributed by atoms with Crippen LogP contribution in [0.15, 0.2) is 66.9 Å². The lowest BCUT2D eigenvalue weighted by molar-refractivity contribution is 0.356. The van der Waals surface area contributed by atoms with Crippen molar-refractivity contribution < 1.29 is 9.47 Å². The number of fused-ring (bicyclic) bond motifs is 2. The number of anilines is 1. The molecule has 0 aliphatic carbocycles. The Bertz CT molecular complexity index is 1500. The predicted octanol–water partition coefficient (Wildman–Crippen LogP) is 5.88. The Morgan fingerprint density at radius 1 is 0.788 bits per heavy atom. The molecule has 0 radical (unpaired) electrons. The number of hydrogen-bond donors (Lipinski definition) is 1. The van der Waals surface area contributed by atoms with Crippen LogP contribution in [0.3, 0.4) is 0 Å². The van der Waals surface area contributed by atoms with Crippen LogP contribution >= 0.6 is 0 Å². The van der Waals surface area contributed by atoms with Crippen molar-refractivity contribution in [2.24, 2.45) is 0 Å². The van der Waals surface area contributed by atoms with Crippen LogP contribution in [0, 0.1) is 6.92 Å². The van der Waals surface area contributed by atoms with Crippen LogP contribution in [0.4, 0.5) is 5.95 Å². The second-order valence-electron chi connectivity index (χ2n) is 7.82. The third-order valence-corrected chi connectivity index (χ3v) is 5.81. The fourth-order valence-electron chi connectivity index (χ4n) is 4.10. The summed E-state index contributed by atoms with van der Waals surface area (Å²) in [5.41, 5.74) is 6.89. The Balaban J connectivity index is 1.69. The molecule has 6 heteroatoms. The fraction of sp³-hybridized carbons (Fsp3) is 0.148. The molecular formula is C27H24N4O2. The molecule has 0 amide bonds. The molecule has 1 N–H and O–H groups in total. The molecule has 0 saturated carbocycles. The molecule has 0 unspecified atom stereocenters. The van der Waals surface area contributed by atoms with Crippen molar-refractivity contribution in [3.05, 3.63) is 72.4 Å². The first kappa shape index (κ1) is 20.7. The summed E-state index contributed by atoms with van der Waals surface area (Å²) in [6.45, 7) is 2.08. The van der Waals surface area contributed by atoms with Gasteiger partial charge < -0.3 is 14.8 Å². The molecule has 2 aromatic heterocycles. The van der Waals surface area contributed by atoms with Crippen LogP contribution < -0.4 is 14.8 Å². The van der Waals surface area contributed by atoms with Crippen molar-refractivity contribution in [3.8, 4) is 33.9 Å². The van der Waals surface area contributed by atoms with Crippen molar-refractivity contribution in [2.75, 3.05) is 26.6 Å². The van der Waals surface area contributed by atoms with Crippen LogP contribution in [0.25, 0.3) is 44.2 Å². The van der Waals surface area contributed by atoms with Crippen LogP contribution in [-0.4, -0.2) is 36.2 Å². The summed E-state index contributed by atoms with van der Waals surface area (Å²) in [7, 11) is 5.06. The van der Waals surface area contributed by atoms with Gasteiger partial charge in [0.25, 0.3) is 0 Å². The van der Waals surface area contributed by atoms with Crippen LogP contribution in [0.1, 0.15) is 5.56 Å². The number of aromatic nitrogens is 3. The van der Waals surface area contributed by atoms with E-state index in [2.05, 4.69) is 59.7 Å². The normalized spacial score (nSPS) is 11.0.